The molecule has 0 saturated heterocycles. The Labute approximate surface area is 326 Å². The molecule has 0 aliphatic heterocycles. The SMILES string of the molecule is C1=Cc2c(c3ccccc3n2-c2ccccc2-c2cccc(-c3cncc(-c4cccc(-c5ccccc5-n5c6ccccc6c6ccccc65)c4)c3)c2)CC1. The number of nitrogens with zero attached hydrogens (tertiary/aromatic N) is 3. The van der Waals surface area contributed by atoms with Gasteiger partial charge in [-0.3, -0.25) is 4.98 Å². The molecular formula is C53H37N3. The Morgan fingerprint density at radius 2 is 0.857 bits per heavy atom. The summed E-state index contributed by atoms with van der Waals surface area (Å²) in [6.07, 6.45) is 10.7. The Morgan fingerprint density at radius 1 is 0.393 bits per heavy atom. The van der Waals surface area contributed by atoms with Crippen molar-refractivity contribution in [2.75, 3.05) is 0 Å². The van der Waals surface area contributed by atoms with Gasteiger partial charge in [0.1, 0.15) is 0 Å². The van der Waals surface area contributed by atoms with Crippen LogP contribution >= 0.6 is 0 Å². The minimum Gasteiger partial charge on any atom is -0.309 e. The topological polar surface area (TPSA) is 22.8 Å². The fraction of sp³-hybridized carbons (Fsp3) is 0.0377. The molecule has 56 heavy (non-hydrogen) atoms. The zero-order valence-corrected chi connectivity index (χ0v) is 30.8. The maximum atomic E-state index is 4.79. The van der Waals surface area contributed by atoms with Gasteiger partial charge in [0.2, 0.25) is 0 Å². The highest BCUT2D eigenvalue weighted by Crippen LogP contribution is 2.40. The molecule has 3 heterocycles. The summed E-state index contributed by atoms with van der Waals surface area (Å²) in [5.74, 6) is 0. The predicted molar refractivity (Wildman–Crippen MR) is 235 cm³/mol. The number of hydrogen-bond donors (Lipinski definition) is 0. The highest BCUT2D eigenvalue weighted by molar-refractivity contribution is 6.09. The summed E-state index contributed by atoms with van der Waals surface area (Å²) in [4.78, 5) is 4.79. The van der Waals surface area contributed by atoms with Crippen LogP contribution in [-0.2, 0) is 6.42 Å². The van der Waals surface area contributed by atoms with Crippen molar-refractivity contribution in [3.63, 3.8) is 0 Å². The van der Waals surface area contributed by atoms with Crippen molar-refractivity contribution in [3.8, 4) is 55.9 Å². The number of hydrogen-bond acceptors (Lipinski definition) is 1. The third-order valence-electron chi connectivity index (χ3n) is 11.5. The summed E-state index contributed by atoms with van der Waals surface area (Å²) in [6, 6.07) is 63.8. The molecular weight excluding hydrogens is 679 g/mol. The number of allylic oxidation sites excluding steroid dienone is 1. The van der Waals surface area contributed by atoms with Gasteiger partial charge in [-0.1, -0.05) is 133 Å². The first-order valence-corrected chi connectivity index (χ1v) is 19.4. The molecule has 0 saturated carbocycles. The molecule has 1 aliphatic rings. The summed E-state index contributed by atoms with van der Waals surface area (Å²) >= 11 is 0. The lowest BCUT2D eigenvalue weighted by atomic mass is 9.95. The van der Waals surface area contributed by atoms with E-state index in [9.17, 15) is 0 Å². The second-order valence-electron chi connectivity index (χ2n) is 14.7. The lowest BCUT2D eigenvalue weighted by Gasteiger charge is -2.17. The Hall–Kier alpha value is -7.23. The van der Waals surface area contributed by atoms with Crippen LogP contribution in [-0.4, -0.2) is 14.1 Å². The van der Waals surface area contributed by atoms with E-state index in [4.69, 9.17) is 4.98 Å². The Balaban J connectivity index is 0.979. The van der Waals surface area contributed by atoms with Gasteiger partial charge in [-0.15, -0.1) is 0 Å². The monoisotopic (exact) mass is 715 g/mol. The van der Waals surface area contributed by atoms with Crippen LogP contribution in [0.15, 0.2) is 194 Å². The van der Waals surface area contributed by atoms with E-state index in [1.807, 2.05) is 12.4 Å². The minimum absolute atomic E-state index is 1.07. The zero-order valence-electron chi connectivity index (χ0n) is 30.8. The number of rotatable bonds is 6. The largest absolute Gasteiger partial charge is 0.309 e. The number of benzene rings is 7. The van der Waals surface area contributed by atoms with Crippen molar-refractivity contribution < 1.29 is 0 Å². The van der Waals surface area contributed by atoms with Crippen LogP contribution in [0.1, 0.15) is 17.7 Å². The van der Waals surface area contributed by atoms with E-state index >= 15 is 0 Å². The summed E-state index contributed by atoms with van der Waals surface area (Å²) in [6.45, 7) is 0. The van der Waals surface area contributed by atoms with Gasteiger partial charge in [-0.2, -0.15) is 0 Å². The lowest BCUT2D eigenvalue weighted by molar-refractivity contribution is 0.968. The molecule has 0 atom stereocenters. The molecule has 3 aromatic heterocycles. The number of para-hydroxylation sites is 5. The number of fused-ring (bicyclic) bond motifs is 6. The fourth-order valence-electron chi connectivity index (χ4n) is 8.94. The molecule has 0 spiro atoms. The van der Waals surface area contributed by atoms with Gasteiger partial charge in [-0.25, -0.2) is 0 Å². The van der Waals surface area contributed by atoms with Gasteiger partial charge < -0.3 is 9.13 Å². The molecule has 1 aliphatic carbocycles. The molecule has 0 amide bonds. The van der Waals surface area contributed by atoms with E-state index in [0.29, 0.717) is 0 Å². The van der Waals surface area contributed by atoms with Crippen LogP contribution in [0.2, 0.25) is 0 Å². The van der Waals surface area contributed by atoms with E-state index in [2.05, 4.69) is 197 Å². The molecule has 3 heteroatoms. The molecule has 0 fully saturated rings. The highest BCUT2D eigenvalue weighted by Gasteiger charge is 2.20. The normalized spacial score (nSPS) is 12.4. The quantitative estimate of drug-likeness (QED) is 0.168. The molecule has 0 unspecified atom stereocenters. The molecule has 0 N–H and O–H groups in total. The van der Waals surface area contributed by atoms with Gasteiger partial charge in [0, 0.05) is 56.5 Å². The molecule has 0 radical (unpaired) electrons. The first kappa shape index (κ1) is 32.2. The Morgan fingerprint density at radius 3 is 1.46 bits per heavy atom. The predicted octanol–water partition coefficient (Wildman–Crippen LogP) is 13.7. The van der Waals surface area contributed by atoms with Gasteiger partial charge >= 0.3 is 0 Å². The van der Waals surface area contributed by atoms with E-state index in [-0.39, 0.29) is 0 Å². The number of pyridine rings is 1. The summed E-state index contributed by atoms with van der Waals surface area (Å²) < 4.78 is 4.86. The smallest absolute Gasteiger partial charge is 0.0541 e. The van der Waals surface area contributed by atoms with Crippen molar-refractivity contribution in [2.24, 2.45) is 0 Å². The maximum absolute atomic E-state index is 4.79. The van der Waals surface area contributed by atoms with Crippen LogP contribution in [0.4, 0.5) is 0 Å². The third kappa shape index (κ3) is 5.24. The van der Waals surface area contributed by atoms with E-state index in [1.54, 1.807) is 0 Å². The average molecular weight is 716 g/mol. The van der Waals surface area contributed by atoms with Gasteiger partial charge in [0.25, 0.3) is 0 Å². The van der Waals surface area contributed by atoms with Gasteiger partial charge in [0.15, 0.2) is 0 Å². The molecule has 3 nitrogen and oxygen atoms in total. The highest BCUT2D eigenvalue weighted by atomic mass is 15.0. The molecule has 264 valence electrons. The van der Waals surface area contributed by atoms with Gasteiger partial charge in [-0.05, 0) is 95.3 Å². The van der Waals surface area contributed by atoms with Gasteiger partial charge in [0.05, 0.1) is 27.9 Å². The van der Waals surface area contributed by atoms with Crippen molar-refractivity contribution in [2.45, 2.75) is 12.8 Å². The minimum atomic E-state index is 1.07. The molecule has 0 bridgehead atoms. The second-order valence-corrected chi connectivity index (χ2v) is 14.7. The summed E-state index contributed by atoms with van der Waals surface area (Å²) in [5, 5.41) is 3.87. The standard InChI is InChI=1S/C53H37N3/c1-7-25-48(55-50-27-9-3-21-44(50)45-22-4-10-28-51(45)55)42(19-1)38-17-13-15-36(31-38)40-33-41(35-54-34-40)37-16-14-18-39(32-37)43-20-2-8-26-49(43)56-52-29-11-5-23-46(52)47-24-6-12-30-53(47)56/h1-5,7-23,25-35H,6,24H2. The zero-order chi connectivity index (χ0) is 37.0. The molecule has 7 aromatic carbocycles. The maximum Gasteiger partial charge on any atom is 0.0541 e. The van der Waals surface area contributed by atoms with Crippen molar-refractivity contribution >= 4 is 38.8 Å². The first-order chi connectivity index (χ1) is 27.8. The third-order valence-corrected chi connectivity index (χ3v) is 11.5. The number of aromatic nitrogens is 3. The van der Waals surface area contributed by atoms with Crippen LogP contribution < -0.4 is 0 Å². The lowest BCUT2D eigenvalue weighted by Crippen LogP contribution is -2.02. The first-order valence-electron chi connectivity index (χ1n) is 19.4. The average Bonchev–Trinajstić information content (AvgIpc) is 3.79. The fourth-order valence-corrected chi connectivity index (χ4v) is 8.94. The summed E-state index contributed by atoms with van der Waals surface area (Å²) in [5.41, 5.74) is 17.9. The van der Waals surface area contributed by atoms with Crippen LogP contribution in [0.25, 0.3) is 94.7 Å². The molecule has 11 rings (SSSR count). The van der Waals surface area contributed by atoms with Crippen molar-refractivity contribution in [1.82, 2.24) is 14.1 Å². The van der Waals surface area contributed by atoms with E-state index < -0.39 is 0 Å². The Kier molecular flexibility index (Phi) is 7.63. The van der Waals surface area contributed by atoms with Crippen molar-refractivity contribution in [3.05, 3.63) is 206 Å². The van der Waals surface area contributed by atoms with E-state index in [0.717, 1.165) is 40.8 Å². The second kappa shape index (κ2) is 13.3. The van der Waals surface area contributed by atoms with E-state index in [1.165, 1.54) is 71.9 Å². The van der Waals surface area contributed by atoms with Crippen LogP contribution in [0, 0.1) is 0 Å². The number of aryl methyl sites for hydroxylation is 1. The molecule has 10 aromatic rings. The van der Waals surface area contributed by atoms with Crippen LogP contribution in [0.3, 0.4) is 0 Å². The summed E-state index contributed by atoms with van der Waals surface area (Å²) in [7, 11) is 0. The van der Waals surface area contributed by atoms with Crippen molar-refractivity contribution in [1.29, 1.82) is 0 Å². The van der Waals surface area contributed by atoms with Crippen LogP contribution in [0.5, 0.6) is 0 Å². The Bertz CT molecular complexity index is 3100.